The van der Waals surface area contributed by atoms with Crippen molar-refractivity contribution in [3.8, 4) is 16.9 Å². The minimum Gasteiger partial charge on any atom is -0.410 e. The number of halogens is 1. The second-order valence-corrected chi connectivity index (χ2v) is 6.81. The molecule has 0 aliphatic heterocycles. The molecule has 0 heterocycles. The van der Waals surface area contributed by atoms with Crippen molar-refractivity contribution < 1.29 is 9.53 Å². The molecule has 2 aromatic carbocycles. The number of benzene rings is 2. The maximum atomic E-state index is 11.5. The zero-order valence-corrected chi connectivity index (χ0v) is 13.5. The van der Waals surface area contributed by atoms with E-state index >= 15 is 0 Å². The van der Waals surface area contributed by atoms with Gasteiger partial charge in [0.2, 0.25) is 0 Å². The summed E-state index contributed by atoms with van der Waals surface area (Å²) >= 11 is 6.65. The Morgan fingerprint density at radius 2 is 1.74 bits per heavy atom. The van der Waals surface area contributed by atoms with Crippen LogP contribution in [0.5, 0.6) is 5.75 Å². The predicted octanol–water partition coefficient (Wildman–Crippen LogP) is 5.22. The highest BCUT2D eigenvalue weighted by molar-refractivity contribution is 6.33. The Bertz CT molecular complexity index is 765. The maximum Gasteiger partial charge on any atom is 0.409 e. The van der Waals surface area contributed by atoms with Gasteiger partial charge in [-0.2, -0.15) is 0 Å². The Kier molecular flexibility index (Phi) is 3.53. The molecular formula is C19H18ClNO2. The van der Waals surface area contributed by atoms with Gasteiger partial charge in [-0.1, -0.05) is 41.9 Å². The summed E-state index contributed by atoms with van der Waals surface area (Å²) in [4.78, 5) is 11.5. The number of ether oxygens (including phenoxy) is 1. The largest absolute Gasteiger partial charge is 0.410 e. The Balaban J connectivity index is 1.96. The van der Waals surface area contributed by atoms with Crippen LogP contribution < -0.4 is 10.5 Å². The van der Waals surface area contributed by atoms with E-state index in [1.165, 1.54) is 0 Å². The number of rotatable bonds is 4. The quantitative estimate of drug-likeness (QED) is 0.837. The Labute approximate surface area is 140 Å². The van der Waals surface area contributed by atoms with Gasteiger partial charge in [-0.3, -0.25) is 0 Å². The zero-order valence-electron chi connectivity index (χ0n) is 12.7. The van der Waals surface area contributed by atoms with E-state index in [0.29, 0.717) is 17.6 Å². The van der Waals surface area contributed by atoms with Crippen molar-refractivity contribution >= 4 is 17.7 Å². The minimum absolute atomic E-state index is 0.399. The van der Waals surface area contributed by atoms with Crippen LogP contribution in [0.1, 0.15) is 48.6 Å². The molecule has 0 bridgehead atoms. The first kappa shape index (κ1) is 14.6. The van der Waals surface area contributed by atoms with Crippen molar-refractivity contribution in [2.24, 2.45) is 5.73 Å². The average Bonchev–Trinajstić information content (AvgIpc) is 3.41. The lowest BCUT2D eigenvalue weighted by atomic mass is 9.92. The van der Waals surface area contributed by atoms with Crippen LogP contribution >= 0.6 is 11.6 Å². The van der Waals surface area contributed by atoms with Gasteiger partial charge in [-0.05, 0) is 54.7 Å². The van der Waals surface area contributed by atoms with Crippen molar-refractivity contribution in [3.05, 3.63) is 52.5 Å². The van der Waals surface area contributed by atoms with Crippen LogP contribution in [0.3, 0.4) is 0 Å². The van der Waals surface area contributed by atoms with E-state index in [2.05, 4.69) is 0 Å². The fourth-order valence-electron chi connectivity index (χ4n) is 3.24. The van der Waals surface area contributed by atoms with Crippen LogP contribution in [0.25, 0.3) is 11.1 Å². The second kappa shape index (κ2) is 5.57. The molecule has 0 spiro atoms. The monoisotopic (exact) mass is 327 g/mol. The molecule has 0 saturated heterocycles. The predicted molar refractivity (Wildman–Crippen MR) is 91.0 cm³/mol. The van der Waals surface area contributed by atoms with Crippen molar-refractivity contribution in [2.75, 3.05) is 0 Å². The van der Waals surface area contributed by atoms with Gasteiger partial charge >= 0.3 is 6.09 Å². The highest BCUT2D eigenvalue weighted by atomic mass is 35.5. The van der Waals surface area contributed by atoms with Crippen LogP contribution in [-0.4, -0.2) is 6.09 Å². The highest BCUT2D eigenvalue weighted by Crippen LogP contribution is 2.56. The molecule has 4 heteroatoms. The van der Waals surface area contributed by atoms with Crippen LogP contribution in [0.2, 0.25) is 5.02 Å². The van der Waals surface area contributed by atoms with Gasteiger partial charge in [0.15, 0.2) is 0 Å². The van der Waals surface area contributed by atoms with Gasteiger partial charge in [-0.15, -0.1) is 0 Å². The van der Waals surface area contributed by atoms with Crippen LogP contribution in [0, 0.1) is 0 Å². The lowest BCUT2D eigenvalue weighted by Crippen LogP contribution is -2.18. The summed E-state index contributed by atoms with van der Waals surface area (Å²) in [7, 11) is 0. The molecule has 2 aliphatic rings. The van der Waals surface area contributed by atoms with Crippen LogP contribution in [-0.2, 0) is 0 Å². The maximum absolute atomic E-state index is 11.5. The molecular weight excluding hydrogens is 310 g/mol. The number of hydrogen-bond donors (Lipinski definition) is 1. The third-order valence-electron chi connectivity index (χ3n) is 4.57. The minimum atomic E-state index is -0.755. The van der Waals surface area contributed by atoms with Gasteiger partial charge < -0.3 is 10.5 Å². The van der Waals surface area contributed by atoms with Crippen molar-refractivity contribution in [1.29, 1.82) is 0 Å². The first-order chi connectivity index (χ1) is 11.1. The molecule has 0 atom stereocenters. The van der Waals surface area contributed by atoms with Crippen molar-refractivity contribution in [1.82, 2.24) is 0 Å². The smallest absolute Gasteiger partial charge is 0.409 e. The molecule has 1 amide bonds. The summed E-state index contributed by atoms with van der Waals surface area (Å²) < 4.78 is 5.48. The molecule has 2 N–H and O–H groups in total. The van der Waals surface area contributed by atoms with Gasteiger partial charge in [0.05, 0.1) is 0 Å². The summed E-state index contributed by atoms with van der Waals surface area (Å²) in [5.74, 6) is 1.49. The zero-order chi connectivity index (χ0) is 16.0. The Hall–Kier alpha value is -2.00. The number of primary amides is 1. The number of carbonyl (C=O) groups is 1. The van der Waals surface area contributed by atoms with E-state index in [9.17, 15) is 4.79 Å². The van der Waals surface area contributed by atoms with Gasteiger partial charge in [0.25, 0.3) is 0 Å². The third kappa shape index (κ3) is 2.81. The first-order valence-electron chi connectivity index (χ1n) is 8.04. The van der Waals surface area contributed by atoms with E-state index in [4.69, 9.17) is 22.1 Å². The summed E-state index contributed by atoms with van der Waals surface area (Å²) in [6, 6.07) is 12.0. The molecule has 2 fully saturated rings. The normalized spacial score (nSPS) is 17.1. The van der Waals surface area contributed by atoms with E-state index in [-0.39, 0.29) is 0 Å². The Morgan fingerprint density at radius 1 is 1.09 bits per heavy atom. The summed E-state index contributed by atoms with van der Waals surface area (Å²) in [6.45, 7) is 0. The van der Waals surface area contributed by atoms with Crippen LogP contribution in [0.15, 0.2) is 36.4 Å². The standard InChI is InChI=1S/C19H18ClNO2/c20-15-10-14(11-6-7-11)18(23-19(21)22)17(13-8-9-13)16(15)12-4-2-1-3-5-12/h1-5,10-11,13H,6-9H2,(H2,21,22). The third-order valence-corrected chi connectivity index (χ3v) is 4.86. The molecule has 2 aromatic rings. The average molecular weight is 328 g/mol. The molecule has 23 heavy (non-hydrogen) atoms. The number of amides is 1. The first-order valence-corrected chi connectivity index (χ1v) is 8.42. The second-order valence-electron chi connectivity index (χ2n) is 6.40. The van der Waals surface area contributed by atoms with Crippen molar-refractivity contribution in [3.63, 3.8) is 0 Å². The molecule has 3 nitrogen and oxygen atoms in total. The molecule has 0 radical (unpaired) electrons. The molecule has 2 aliphatic carbocycles. The molecule has 2 saturated carbocycles. The molecule has 4 rings (SSSR count). The summed E-state index contributed by atoms with van der Waals surface area (Å²) in [5.41, 5.74) is 9.47. The number of carbonyl (C=O) groups excluding carboxylic acids is 1. The SMILES string of the molecule is NC(=O)Oc1c(C2CC2)cc(Cl)c(-c2ccccc2)c1C1CC1. The van der Waals surface area contributed by atoms with Gasteiger partial charge in [0, 0.05) is 16.1 Å². The lowest BCUT2D eigenvalue weighted by Gasteiger charge is -2.19. The fourth-order valence-corrected chi connectivity index (χ4v) is 3.57. The van der Waals surface area contributed by atoms with Gasteiger partial charge in [0.1, 0.15) is 5.75 Å². The number of nitrogens with two attached hydrogens (primary N) is 1. The topological polar surface area (TPSA) is 52.3 Å². The fraction of sp³-hybridized carbons (Fsp3) is 0.316. The van der Waals surface area contributed by atoms with Gasteiger partial charge in [-0.25, -0.2) is 4.79 Å². The summed E-state index contributed by atoms with van der Waals surface area (Å²) in [5, 5.41) is 0.733. The lowest BCUT2D eigenvalue weighted by molar-refractivity contribution is 0.210. The van der Waals surface area contributed by atoms with Crippen molar-refractivity contribution in [2.45, 2.75) is 37.5 Å². The van der Waals surface area contributed by atoms with E-state index in [1.807, 2.05) is 36.4 Å². The highest BCUT2D eigenvalue weighted by Gasteiger charge is 2.37. The van der Waals surface area contributed by atoms with E-state index in [0.717, 1.165) is 53.0 Å². The molecule has 0 unspecified atom stereocenters. The van der Waals surface area contributed by atoms with E-state index < -0.39 is 6.09 Å². The van der Waals surface area contributed by atoms with E-state index in [1.54, 1.807) is 0 Å². The van der Waals surface area contributed by atoms with Crippen LogP contribution in [0.4, 0.5) is 4.79 Å². The molecule has 0 aromatic heterocycles. The number of hydrogen-bond acceptors (Lipinski definition) is 2. The molecule has 118 valence electrons. The Morgan fingerprint density at radius 3 is 2.30 bits per heavy atom. The summed E-state index contributed by atoms with van der Waals surface area (Å²) in [6.07, 6.45) is 3.66.